The van der Waals surface area contributed by atoms with E-state index in [9.17, 15) is 10.1 Å². The van der Waals surface area contributed by atoms with Crippen LogP contribution in [0.25, 0.3) is 5.76 Å². The van der Waals surface area contributed by atoms with Gasteiger partial charge in [0.1, 0.15) is 12.4 Å². The van der Waals surface area contributed by atoms with E-state index in [0.717, 1.165) is 17.5 Å². The molecule has 28 heavy (non-hydrogen) atoms. The van der Waals surface area contributed by atoms with Crippen LogP contribution in [0.2, 0.25) is 0 Å². The number of nitro benzene ring substituents is 1. The number of hydrogen-bond acceptors (Lipinski definition) is 4. The Kier molecular flexibility index (Phi) is 8.72. The Labute approximate surface area is 170 Å². The van der Waals surface area contributed by atoms with Gasteiger partial charge < -0.3 is 9.47 Å². The van der Waals surface area contributed by atoms with E-state index >= 15 is 0 Å². The first kappa shape index (κ1) is 21.7. The lowest BCUT2D eigenvalue weighted by Gasteiger charge is -2.13. The number of nitrogens with zero attached hydrogens (tertiary/aromatic N) is 1. The van der Waals surface area contributed by atoms with Gasteiger partial charge in [-0.05, 0) is 30.5 Å². The number of non-ortho nitro benzene ring substituents is 1. The molecule has 0 radical (unpaired) electrons. The molecule has 0 aliphatic heterocycles. The highest BCUT2D eigenvalue weighted by Crippen LogP contribution is 2.27. The number of aryl methyl sites for hydroxylation is 1. The van der Waals surface area contributed by atoms with Crippen molar-refractivity contribution in [3.8, 4) is 0 Å². The van der Waals surface area contributed by atoms with Gasteiger partial charge in [0, 0.05) is 22.7 Å². The average molecular weight is 402 g/mol. The minimum Gasteiger partial charge on any atom is -0.490 e. The Morgan fingerprint density at radius 2 is 1.93 bits per heavy atom. The van der Waals surface area contributed by atoms with E-state index in [-0.39, 0.29) is 5.69 Å². The lowest BCUT2D eigenvalue weighted by molar-refractivity contribution is -0.384. The highest BCUT2D eigenvalue weighted by molar-refractivity contribution is 6.31. The molecule has 0 amide bonds. The zero-order valence-electron chi connectivity index (χ0n) is 16.1. The van der Waals surface area contributed by atoms with Gasteiger partial charge in [-0.3, -0.25) is 10.1 Å². The average Bonchev–Trinajstić information content (AvgIpc) is 2.68. The quantitative estimate of drug-likeness (QED) is 0.161. The van der Waals surface area contributed by atoms with E-state index in [0.29, 0.717) is 36.2 Å². The molecule has 0 saturated carbocycles. The van der Waals surface area contributed by atoms with E-state index < -0.39 is 4.92 Å². The Morgan fingerprint density at radius 3 is 2.61 bits per heavy atom. The normalized spacial score (nSPS) is 12.1. The van der Waals surface area contributed by atoms with Crippen LogP contribution in [-0.2, 0) is 16.1 Å². The van der Waals surface area contributed by atoms with Gasteiger partial charge in [-0.1, -0.05) is 61.0 Å². The molecule has 0 fully saturated rings. The molecule has 5 nitrogen and oxygen atoms in total. The summed E-state index contributed by atoms with van der Waals surface area (Å²) in [6.45, 7) is 5.04. The molecule has 0 atom stereocenters. The first-order valence-electron chi connectivity index (χ1n) is 9.08. The maximum absolute atomic E-state index is 11.1. The standard InChI is InChI=1S/C22H24ClNO4/c1-3-7-19(23)14-22(21-15-20(24(25)26)11-10-17(21)2)28-13-12-27-16-18-8-5-4-6-9-18/h4-11,14-15H,3,12-13,16H2,1-2H3/b19-7-,22-14+. The smallest absolute Gasteiger partial charge is 0.270 e. The Bertz CT molecular complexity index is 847. The van der Waals surface area contributed by atoms with Crippen molar-refractivity contribution in [3.05, 3.63) is 92.5 Å². The number of nitro groups is 1. The maximum atomic E-state index is 11.1. The van der Waals surface area contributed by atoms with Crippen molar-refractivity contribution in [2.75, 3.05) is 13.2 Å². The van der Waals surface area contributed by atoms with Gasteiger partial charge >= 0.3 is 0 Å². The van der Waals surface area contributed by atoms with Gasteiger partial charge in [0.15, 0.2) is 0 Å². The summed E-state index contributed by atoms with van der Waals surface area (Å²) in [5.41, 5.74) is 2.59. The van der Waals surface area contributed by atoms with E-state index in [1.54, 1.807) is 12.1 Å². The second kappa shape index (κ2) is 11.3. The first-order valence-corrected chi connectivity index (χ1v) is 9.46. The summed E-state index contributed by atoms with van der Waals surface area (Å²) in [4.78, 5) is 10.7. The van der Waals surface area contributed by atoms with Crippen molar-refractivity contribution < 1.29 is 14.4 Å². The summed E-state index contributed by atoms with van der Waals surface area (Å²) in [5, 5.41) is 11.7. The molecular formula is C22H24ClNO4. The van der Waals surface area contributed by atoms with Crippen LogP contribution in [0.3, 0.4) is 0 Å². The van der Waals surface area contributed by atoms with Gasteiger partial charge in [-0.2, -0.15) is 0 Å². The Morgan fingerprint density at radius 1 is 1.18 bits per heavy atom. The van der Waals surface area contributed by atoms with Crippen molar-refractivity contribution in [2.24, 2.45) is 0 Å². The summed E-state index contributed by atoms with van der Waals surface area (Å²) in [7, 11) is 0. The molecule has 0 spiro atoms. The van der Waals surface area contributed by atoms with Crippen LogP contribution in [0.15, 0.2) is 65.7 Å². The number of ether oxygens (including phenoxy) is 2. The molecule has 148 valence electrons. The fourth-order valence-electron chi connectivity index (χ4n) is 2.54. The molecule has 0 aliphatic carbocycles. The fraction of sp³-hybridized carbons (Fsp3) is 0.273. The van der Waals surface area contributed by atoms with E-state index in [4.69, 9.17) is 21.1 Å². The van der Waals surface area contributed by atoms with Crippen molar-refractivity contribution in [2.45, 2.75) is 26.9 Å². The lowest BCUT2D eigenvalue weighted by Crippen LogP contribution is -2.05. The van der Waals surface area contributed by atoms with E-state index in [2.05, 4.69) is 0 Å². The van der Waals surface area contributed by atoms with Gasteiger partial charge in [0.25, 0.3) is 5.69 Å². The third-order valence-electron chi connectivity index (χ3n) is 3.96. The lowest BCUT2D eigenvalue weighted by atomic mass is 10.1. The van der Waals surface area contributed by atoms with Crippen LogP contribution in [-0.4, -0.2) is 18.1 Å². The van der Waals surface area contributed by atoms with Gasteiger partial charge in [-0.15, -0.1) is 0 Å². The van der Waals surface area contributed by atoms with Crippen LogP contribution in [0.5, 0.6) is 0 Å². The molecule has 0 bridgehead atoms. The molecule has 6 heteroatoms. The van der Waals surface area contributed by atoms with Crippen LogP contribution >= 0.6 is 11.6 Å². The van der Waals surface area contributed by atoms with E-state index in [1.165, 1.54) is 12.1 Å². The third kappa shape index (κ3) is 6.83. The van der Waals surface area contributed by atoms with Crippen LogP contribution in [0.4, 0.5) is 5.69 Å². The van der Waals surface area contributed by atoms with Gasteiger partial charge in [-0.25, -0.2) is 0 Å². The number of allylic oxidation sites excluding steroid dienone is 3. The second-order valence-corrected chi connectivity index (χ2v) is 6.59. The molecule has 0 saturated heterocycles. The van der Waals surface area contributed by atoms with E-state index in [1.807, 2.05) is 50.3 Å². The minimum atomic E-state index is -0.424. The molecule has 0 heterocycles. The molecule has 0 aliphatic rings. The van der Waals surface area contributed by atoms with Crippen LogP contribution in [0.1, 0.15) is 30.0 Å². The highest BCUT2D eigenvalue weighted by atomic mass is 35.5. The topological polar surface area (TPSA) is 61.6 Å². The van der Waals surface area contributed by atoms with Crippen molar-refractivity contribution in [1.29, 1.82) is 0 Å². The Hall–Kier alpha value is -2.63. The number of benzene rings is 2. The maximum Gasteiger partial charge on any atom is 0.270 e. The molecule has 0 unspecified atom stereocenters. The zero-order valence-corrected chi connectivity index (χ0v) is 16.8. The zero-order chi connectivity index (χ0) is 20.4. The predicted molar refractivity (Wildman–Crippen MR) is 112 cm³/mol. The second-order valence-electron chi connectivity index (χ2n) is 6.15. The Balaban J connectivity index is 2.09. The highest BCUT2D eigenvalue weighted by Gasteiger charge is 2.13. The number of halogens is 1. The summed E-state index contributed by atoms with van der Waals surface area (Å²) in [6, 6.07) is 14.5. The molecule has 0 aromatic heterocycles. The minimum absolute atomic E-state index is 0.00558. The molecule has 2 aromatic rings. The van der Waals surface area contributed by atoms with Crippen molar-refractivity contribution in [3.63, 3.8) is 0 Å². The predicted octanol–water partition coefficient (Wildman–Crippen LogP) is 6.01. The largest absolute Gasteiger partial charge is 0.490 e. The van der Waals surface area contributed by atoms with Crippen LogP contribution in [0, 0.1) is 17.0 Å². The third-order valence-corrected chi connectivity index (χ3v) is 4.23. The van der Waals surface area contributed by atoms with Gasteiger partial charge in [0.2, 0.25) is 0 Å². The fourth-order valence-corrected chi connectivity index (χ4v) is 2.79. The molecule has 2 aromatic carbocycles. The number of rotatable bonds is 10. The molecule has 0 N–H and O–H groups in total. The summed E-state index contributed by atoms with van der Waals surface area (Å²) in [5.74, 6) is 0.485. The summed E-state index contributed by atoms with van der Waals surface area (Å²) >= 11 is 6.24. The van der Waals surface area contributed by atoms with Crippen molar-refractivity contribution >= 4 is 23.0 Å². The SMILES string of the molecule is CC/C=C(Cl)/C=C(/OCCOCc1ccccc1)c1cc([N+](=O)[O-])ccc1C. The van der Waals surface area contributed by atoms with Crippen molar-refractivity contribution in [1.82, 2.24) is 0 Å². The summed E-state index contributed by atoms with van der Waals surface area (Å²) in [6.07, 6.45) is 4.31. The molecular weight excluding hydrogens is 378 g/mol. The first-order chi connectivity index (χ1) is 13.5. The van der Waals surface area contributed by atoms with Gasteiger partial charge in [0.05, 0.1) is 18.1 Å². The van der Waals surface area contributed by atoms with Crippen LogP contribution < -0.4 is 0 Å². The summed E-state index contributed by atoms with van der Waals surface area (Å²) < 4.78 is 11.5. The molecule has 2 rings (SSSR count). The number of hydrogen-bond donors (Lipinski definition) is 0. The monoisotopic (exact) mass is 401 g/mol.